The van der Waals surface area contributed by atoms with Crippen molar-refractivity contribution in [3.63, 3.8) is 0 Å². The Morgan fingerprint density at radius 2 is 2.15 bits per heavy atom. The molecule has 0 amide bonds. The maximum Gasteiger partial charge on any atom is 0.145 e. The van der Waals surface area contributed by atoms with Crippen molar-refractivity contribution in [2.45, 2.75) is 33.1 Å². The molecule has 0 saturated heterocycles. The standard InChI is InChI=1S/C16H21N3O/c1-4-20-14-8-6-5-7-13(14)19-16-12(9-10-17-16)15(18-19)11(2)3/h5-8,11,17H,4,9-10H2,1-3H3. The van der Waals surface area contributed by atoms with E-state index in [-0.39, 0.29) is 0 Å². The lowest BCUT2D eigenvalue weighted by molar-refractivity contribution is 0.338. The Morgan fingerprint density at radius 3 is 2.90 bits per heavy atom. The Labute approximate surface area is 119 Å². The number of aromatic nitrogens is 2. The lowest BCUT2D eigenvalue weighted by Crippen LogP contribution is -2.07. The number of para-hydroxylation sites is 2. The van der Waals surface area contributed by atoms with Crippen molar-refractivity contribution >= 4 is 5.82 Å². The van der Waals surface area contributed by atoms with Gasteiger partial charge in [-0.15, -0.1) is 0 Å². The van der Waals surface area contributed by atoms with Gasteiger partial charge in [0.25, 0.3) is 0 Å². The van der Waals surface area contributed by atoms with Crippen LogP contribution in [0.3, 0.4) is 0 Å². The zero-order valence-corrected chi connectivity index (χ0v) is 12.3. The van der Waals surface area contributed by atoms with Crippen molar-refractivity contribution in [3.8, 4) is 11.4 Å². The van der Waals surface area contributed by atoms with Gasteiger partial charge < -0.3 is 10.1 Å². The van der Waals surface area contributed by atoms with Crippen LogP contribution in [0.15, 0.2) is 24.3 Å². The third kappa shape index (κ3) is 2.05. The average molecular weight is 271 g/mol. The molecule has 4 nitrogen and oxygen atoms in total. The smallest absolute Gasteiger partial charge is 0.145 e. The quantitative estimate of drug-likeness (QED) is 0.926. The normalized spacial score (nSPS) is 13.4. The second-order valence-electron chi connectivity index (χ2n) is 5.36. The van der Waals surface area contributed by atoms with E-state index >= 15 is 0 Å². The Morgan fingerprint density at radius 1 is 1.35 bits per heavy atom. The van der Waals surface area contributed by atoms with E-state index in [2.05, 4.69) is 25.2 Å². The first-order valence-electron chi connectivity index (χ1n) is 7.30. The molecule has 0 bridgehead atoms. The molecule has 106 valence electrons. The second kappa shape index (κ2) is 5.19. The van der Waals surface area contributed by atoms with Crippen molar-refractivity contribution < 1.29 is 4.74 Å². The van der Waals surface area contributed by atoms with Gasteiger partial charge in [0.15, 0.2) is 0 Å². The number of rotatable bonds is 4. The average Bonchev–Trinajstić information content (AvgIpc) is 3.01. The van der Waals surface area contributed by atoms with E-state index in [4.69, 9.17) is 9.84 Å². The van der Waals surface area contributed by atoms with Crippen LogP contribution in [0.5, 0.6) is 5.75 Å². The third-order valence-corrected chi connectivity index (χ3v) is 3.62. The van der Waals surface area contributed by atoms with Crippen molar-refractivity contribution in [3.05, 3.63) is 35.5 Å². The van der Waals surface area contributed by atoms with E-state index in [0.29, 0.717) is 12.5 Å². The minimum absolute atomic E-state index is 0.434. The Bertz CT molecular complexity index is 616. The Hall–Kier alpha value is -1.97. The molecule has 0 radical (unpaired) electrons. The first-order valence-corrected chi connectivity index (χ1v) is 7.30. The number of fused-ring (bicyclic) bond motifs is 1. The zero-order valence-electron chi connectivity index (χ0n) is 12.3. The van der Waals surface area contributed by atoms with Crippen molar-refractivity contribution in [2.24, 2.45) is 0 Å². The van der Waals surface area contributed by atoms with Gasteiger partial charge in [-0.1, -0.05) is 26.0 Å². The minimum Gasteiger partial charge on any atom is -0.492 e. The van der Waals surface area contributed by atoms with E-state index in [1.54, 1.807) is 0 Å². The maximum atomic E-state index is 5.73. The van der Waals surface area contributed by atoms with Crippen LogP contribution in [0.1, 0.15) is 37.9 Å². The number of nitrogens with zero attached hydrogens (tertiary/aromatic N) is 2. The molecular weight excluding hydrogens is 250 g/mol. The molecule has 0 unspecified atom stereocenters. The van der Waals surface area contributed by atoms with Gasteiger partial charge in [0.1, 0.15) is 17.3 Å². The molecule has 2 heterocycles. The largest absolute Gasteiger partial charge is 0.492 e. The number of hydrogen-bond acceptors (Lipinski definition) is 3. The SMILES string of the molecule is CCOc1ccccc1-n1nc(C(C)C)c2c1NCC2. The van der Waals surface area contributed by atoms with Crippen LogP contribution in [0.2, 0.25) is 0 Å². The molecule has 0 saturated carbocycles. The molecule has 1 N–H and O–H groups in total. The van der Waals surface area contributed by atoms with Crippen molar-refractivity contribution in [2.75, 3.05) is 18.5 Å². The highest BCUT2D eigenvalue weighted by molar-refractivity contribution is 5.60. The molecule has 0 spiro atoms. The zero-order chi connectivity index (χ0) is 14.1. The highest BCUT2D eigenvalue weighted by atomic mass is 16.5. The summed E-state index contributed by atoms with van der Waals surface area (Å²) in [6.07, 6.45) is 1.06. The summed E-state index contributed by atoms with van der Waals surface area (Å²) in [6, 6.07) is 8.07. The molecule has 0 aliphatic carbocycles. The molecule has 4 heteroatoms. The van der Waals surface area contributed by atoms with E-state index < -0.39 is 0 Å². The predicted molar refractivity (Wildman–Crippen MR) is 81.0 cm³/mol. The number of nitrogens with one attached hydrogen (secondary N) is 1. The third-order valence-electron chi connectivity index (χ3n) is 3.62. The van der Waals surface area contributed by atoms with Gasteiger partial charge in [0.05, 0.1) is 12.3 Å². The first-order chi connectivity index (χ1) is 9.72. The van der Waals surface area contributed by atoms with Gasteiger partial charge in [0.2, 0.25) is 0 Å². The summed E-state index contributed by atoms with van der Waals surface area (Å²) >= 11 is 0. The lowest BCUT2D eigenvalue weighted by Gasteiger charge is -2.12. The fraction of sp³-hybridized carbons (Fsp3) is 0.438. The fourth-order valence-electron chi connectivity index (χ4n) is 2.75. The van der Waals surface area contributed by atoms with Crippen LogP contribution in [0.4, 0.5) is 5.82 Å². The molecule has 1 aliphatic rings. The molecule has 20 heavy (non-hydrogen) atoms. The maximum absolute atomic E-state index is 5.73. The summed E-state index contributed by atoms with van der Waals surface area (Å²) in [6.45, 7) is 8.04. The lowest BCUT2D eigenvalue weighted by atomic mass is 10.1. The topological polar surface area (TPSA) is 39.1 Å². The number of ether oxygens (including phenoxy) is 1. The van der Waals surface area contributed by atoms with Crippen LogP contribution >= 0.6 is 0 Å². The van der Waals surface area contributed by atoms with Crippen LogP contribution in [-0.2, 0) is 6.42 Å². The molecule has 0 atom stereocenters. The van der Waals surface area contributed by atoms with Gasteiger partial charge in [-0.3, -0.25) is 0 Å². The van der Waals surface area contributed by atoms with E-state index in [0.717, 1.165) is 30.2 Å². The van der Waals surface area contributed by atoms with E-state index in [9.17, 15) is 0 Å². The molecule has 0 fully saturated rings. The summed E-state index contributed by atoms with van der Waals surface area (Å²) < 4.78 is 7.73. The minimum atomic E-state index is 0.434. The van der Waals surface area contributed by atoms with E-state index in [1.165, 1.54) is 11.3 Å². The van der Waals surface area contributed by atoms with Crippen LogP contribution in [0, 0.1) is 0 Å². The number of anilines is 1. The molecule has 1 aliphatic heterocycles. The summed E-state index contributed by atoms with van der Waals surface area (Å²) in [5.41, 5.74) is 3.55. The van der Waals surface area contributed by atoms with Gasteiger partial charge in [-0.05, 0) is 31.4 Å². The van der Waals surface area contributed by atoms with Gasteiger partial charge in [-0.2, -0.15) is 5.10 Å². The summed E-state index contributed by atoms with van der Waals surface area (Å²) in [5.74, 6) is 2.44. The van der Waals surface area contributed by atoms with Gasteiger partial charge >= 0.3 is 0 Å². The molecule has 3 rings (SSSR count). The molecule has 1 aromatic carbocycles. The van der Waals surface area contributed by atoms with Gasteiger partial charge in [0, 0.05) is 12.1 Å². The van der Waals surface area contributed by atoms with Crippen LogP contribution < -0.4 is 10.1 Å². The second-order valence-corrected chi connectivity index (χ2v) is 5.36. The van der Waals surface area contributed by atoms with E-state index in [1.807, 2.05) is 29.8 Å². The van der Waals surface area contributed by atoms with Gasteiger partial charge in [-0.25, -0.2) is 4.68 Å². The molecule has 1 aromatic heterocycles. The fourth-order valence-corrected chi connectivity index (χ4v) is 2.75. The first kappa shape index (κ1) is 13.0. The highest BCUT2D eigenvalue weighted by Crippen LogP contribution is 2.34. The predicted octanol–water partition coefficient (Wildman–Crippen LogP) is 3.36. The van der Waals surface area contributed by atoms with Crippen molar-refractivity contribution in [1.82, 2.24) is 9.78 Å². The summed E-state index contributed by atoms with van der Waals surface area (Å²) in [7, 11) is 0. The molecular formula is C16H21N3O. The summed E-state index contributed by atoms with van der Waals surface area (Å²) in [4.78, 5) is 0. The van der Waals surface area contributed by atoms with Crippen LogP contribution in [-0.4, -0.2) is 22.9 Å². The Kier molecular flexibility index (Phi) is 3.38. The highest BCUT2D eigenvalue weighted by Gasteiger charge is 2.25. The molecule has 2 aromatic rings. The van der Waals surface area contributed by atoms with Crippen molar-refractivity contribution in [1.29, 1.82) is 0 Å². The number of benzene rings is 1. The monoisotopic (exact) mass is 271 g/mol. The summed E-state index contributed by atoms with van der Waals surface area (Å²) in [5, 5.41) is 8.28. The number of hydrogen-bond donors (Lipinski definition) is 1. The Balaban J connectivity index is 2.14. The van der Waals surface area contributed by atoms with Crippen LogP contribution in [0.25, 0.3) is 5.69 Å².